The lowest BCUT2D eigenvalue weighted by Gasteiger charge is -2.03. The highest BCUT2D eigenvalue weighted by Gasteiger charge is 2.48. The van der Waals surface area contributed by atoms with Gasteiger partial charge in [-0.05, 0) is 11.1 Å². The van der Waals surface area contributed by atoms with Gasteiger partial charge >= 0.3 is 0 Å². The van der Waals surface area contributed by atoms with Crippen molar-refractivity contribution in [1.82, 2.24) is 4.90 Å². The lowest BCUT2D eigenvalue weighted by Crippen LogP contribution is -2.00. The fourth-order valence-corrected chi connectivity index (χ4v) is 2.44. The van der Waals surface area contributed by atoms with E-state index in [-0.39, 0.29) is 12.1 Å². The zero-order chi connectivity index (χ0) is 12.4. The molecule has 1 fully saturated rings. The van der Waals surface area contributed by atoms with Crippen molar-refractivity contribution in [2.45, 2.75) is 18.6 Å². The molecule has 2 aromatic rings. The summed E-state index contributed by atoms with van der Waals surface area (Å²) in [5.74, 6) is 0. The second-order valence-electron chi connectivity index (χ2n) is 4.59. The first-order valence-electron chi connectivity index (χ1n) is 6.14. The number of benzene rings is 2. The molecule has 3 atom stereocenters. The summed E-state index contributed by atoms with van der Waals surface area (Å²) in [6, 6.07) is 23.2. The first-order chi connectivity index (χ1) is 8.90. The summed E-state index contributed by atoms with van der Waals surface area (Å²) in [5, 5.41) is 9.19. The smallest absolute Gasteiger partial charge is 0.119 e. The second-order valence-corrected chi connectivity index (χ2v) is 4.59. The quantitative estimate of drug-likeness (QED) is 0.763. The molecule has 0 bridgehead atoms. The Morgan fingerprint density at radius 1 is 0.944 bits per heavy atom. The number of hydrogen-bond donors (Lipinski definition) is 0. The second kappa shape index (κ2) is 4.64. The van der Waals surface area contributed by atoms with Gasteiger partial charge in [-0.3, -0.25) is 4.90 Å². The average Bonchev–Trinajstić information content (AvgIpc) is 3.14. The molecule has 88 valence electrons. The Morgan fingerprint density at radius 2 is 1.56 bits per heavy atom. The third kappa shape index (κ3) is 2.01. The first-order valence-corrected chi connectivity index (χ1v) is 6.14. The van der Waals surface area contributed by atoms with Crippen molar-refractivity contribution in [3.8, 4) is 6.07 Å². The largest absolute Gasteiger partial charge is 0.272 e. The maximum absolute atomic E-state index is 9.19. The summed E-state index contributed by atoms with van der Waals surface area (Å²) in [5.41, 5.74) is 2.50. The molecule has 2 aromatic carbocycles. The summed E-state index contributed by atoms with van der Waals surface area (Å²) in [7, 11) is 0. The summed E-state index contributed by atoms with van der Waals surface area (Å²) < 4.78 is 0. The molecule has 0 aliphatic carbocycles. The normalized spacial score (nSPS) is 25.4. The van der Waals surface area contributed by atoms with Crippen molar-refractivity contribution in [2.75, 3.05) is 0 Å². The van der Waals surface area contributed by atoms with Crippen LogP contribution in [0.25, 0.3) is 0 Å². The van der Waals surface area contributed by atoms with Crippen LogP contribution in [0.15, 0.2) is 60.7 Å². The van der Waals surface area contributed by atoms with Gasteiger partial charge in [0.2, 0.25) is 0 Å². The molecule has 1 aliphatic rings. The van der Waals surface area contributed by atoms with E-state index in [2.05, 4.69) is 35.2 Å². The Labute approximate surface area is 107 Å². The van der Waals surface area contributed by atoms with E-state index in [9.17, 15) is 5.26 Å². The lowest BCUT2D eigenvalue weighted by molar-refractivity contribution is 0.495. The summed E-state index contributed by atoms with van der Waals surface area (Å²) in [4.78, 5) is 2.23. The summed E-state index contributed by atoms with van der Waals surface area (Å²) in [6.45, 7) is 0.846. The molecule has 0 amide bonds. The zero-order valence-electron chi connectivity index (χ0n) is 10.0. The average molecular weight is 234 g/mol. The van der Waals surface area contributed by atoms with Gasteiger partial charge in [-0.1, -0.05) is 60.7 Å². The molecule has 2 heteroatoms. The van der Waals surface area contributed by atoms with Crippen LogP contribution >= 0.6 is 0 Å². The molecule has 3 rings (SSSR count). The van der Waals surface area contributed by atoms with Gasteiger partial charge < -0.3 is 0 Å². The van der Waals surface area contributed by atoms with E-state index in [1.807, 2.05) is 36.4 Å². The van der Waals surface area contributed by atoms with E-state index in [4.69, 9.17) is 0 Å². The van der Waals surface area contributed by atoms with E-state index in [1.54, 1.807) is 0 Å². The van der Waals surface area contributed by atoms with E-state index in [1.165, 1.54) is 11.1 Å². The van der Waals surface area contributed by atoms with Crippen LogP contribution in [0, 0.1) is 11.3 Å². The highest BCUT2D eigenvalue weighted by atomic mass is 15.3. The third-order valence-corrected chi connectivity index (χ3v) is 3.41. The van der Waals surface area contributed by atoms with Gasteiger partial charge in [-0.2, -0.15) is 5.26 Å². The van der Waals surface area contributed by atoms with E-state index in [0.29, 0.717) is 0 Å². The minimum absolute atomic E-state index is 0.0209. The van der Waals surface area contributed by atoms with Gasteiger partial charge in [-0.15, -0.1) is 0 Å². The standard InChI is InChI=1S/C16H14N2/c17-11-15-16(14-9-5-2-6-10-14)18(15)12-13-7-3-1-4-8-13/h1-10,15-16H,12H2. The summed E-state index contributed by atoms with van der Waals surface area (Å²) >= 11 is 0. The Hall–Kier alpha value is -2.11. The van der Waals surface area contributed by atoms with E-state index in [0.717, 1.165) is 6.54 Å². The molecular formula is C16H14N2. The Bertz CT molecular complexity index is 557. The fraction of sp³-hybridized carbons (Fsp3) is 0.188. The minimum atomic E-state index is 0.0209. The monoisotopic (exact) mass is 234 g/mol. The van der Waals surface area contributed by atoms with Gasteiger partial charge in [0.05, 0.1) is 12.1 Å². The topological polar surface area (TPSA) is 26.8 Å². The molecule has 1 aliphatic heterocycles. The number of nitriles is 1. The van der Waals surface area contributed by atoms with Crippen LogP contribution < -0.4 is 0 Å². The van der Waals surface area contributed by atoms with Crippen molar-refractivity contribution >= 4 is 0 Å². The van der Waals surface area contributed by atoms with Crippen LogP contribution in [-0.2, 0) is 6.54 Å². The maximum Gasteiger partial charge on any atom is 0.119 e. The van der Waals surface area contributed by atoms with Crippen molar-refractivity contribution < 1.29 is 0 Å². The number of rotatable bonds is 3. The Morgan fingerprint density at radius 3 is 2.17 bits per heavy atom. The van der Waals surface area contributed by atoms with E-state index < -0.39 is 0 Å². The fourth-order valence-electron chi connectivity index (χ4n) is 2.44. The van der Waals surface area contributed by atoms with Crippen molar-refractivity contribution in [1.29, 1.82) is 5.26 Å². The SMILES string of the molecule is N#CC1C(c2ccccc2)N1Cc1ccccc1. The Kier molecular flexibility index (Phi) is 2.84. The van der Waals surface area contributed by atoms with Gasteiger partial charge in [-0.25, -0.2) is 0 Å². The van der Waals surface area contributed by atoms with Crippen LogP contribution in [0.4, 0.5) is 0 Å². The first kappa shape index (κ1) is 11.0. The number of hydrogen-bond acceptors (Lipinski definition) is 2. The lowest BCUT2D eigenvalue weighted by atomic mass is 10.1. The molecule has 18 heavy (non-hydrogen) atoms. The number of nitrogens with zero attached hydrogens (tertiary/aromatic N) is 2. The predicted molar refractivity (Wildman–Crippen MR) is 70.6 cm³/mol. The molecule has 0 N–H and O–H groups in total. The molecule has 2 nitrogen and oxygen atoms in total. The van der Waals surface area contributed by atoms with Gasteiger partial charge in [0.25, 0.3) is 0 Å². The highest BCUT2D eigenvalue weighted by molar-refractivity contribution is 5.32. The zero-order valence-corrected chi connectivity index (χ0v) is 10.0. The van der Waals surface area contributed by atoms with Gasteiger partial charge in [0.15, 0.2) is 0 Å². The van der Waals surface area contributed by atoms with E-state index >= 15 is 0 Å². The molecule has 1 heterocycles. The van der Waals surface area contributed by atoms with Crippen LogP contribution in [0.2, 0.25) is 0 Å². The summed E-state index contributed by atoms with van der Waals surface area (Å²) in [6.07, 6.45) is 0. The molecule has 0 saturated carbocycles. The van der Waals surface area contributed by atoms with Crippen LogP contribution in [0.3, 0.4) is 0 Å². The van der Waals surface area contributed by atoms with Gasteiger partial charge in [0, 0.05) is 6.54 Å². The molecule has 0 spiro atoms. The van der Waals surface area contributed by atoms with Crippen LogP contribution in [0.1, 0.15) is 17.2 Å². The molecule has 1 saturated heterocycles. The molecule has 0 radical (unpaired) electrons. The van der Waals surface area contributed by atoms with Crippen LogP contribution in [0.5, 0.6) is 0 Å². The molecule has 0 aromatic heterocycles. The molecule has 3 unspecified atom stereocenters. The van der Waals surface area contributed by atoms with Crippen molar-refractivity contribution in [3.63, 3.8) is 0 Å². The highest BCUT2D eigenvalue weighted by Crippen LogP contribution is 2.43. The third-order valence-electron chi connectivity index (χ3n) is 3.41. The van der Waals surface area contributed by atoms with Gasteiger partial charge in [0.1, 0.15) is 6.04 Å². The Balaban J connectivity index is 1.77. The maximum atomic E-state index is 9.19. The van der Waals surface area contributed by atoms with Crippen LogP contribution in [-0.4, -0.2) is 10.9 Å². The minimum Gasteiger partial charge on any atom is -0.272 e. The van der Waals surface area contributed by atoms with Crippen molar-refractivity contribution in [2.24, 2.45) is 0 Å². The van der Waals surface area contributed by atoms with Crippen molar-refractivity contribution in [3.05, 3.63) is 71.8 Å². The predicted octanol–water partition coefficient (Wildman–Crippen LogP) is 3.14. The molecular weight excluding hydrogens is 220 g/mol.